The van der Waals surface area contributed by atoms with Crippen LogP contribution in [0.25, 0.3) is 44.3 Å². The zero-order valence-electron chi connectivity index (χ0n) is 24.9. The van der Waals surface area contributed by atoms with E-state index in [1.54, 1.807) is 0 Å². The molecule has 2 aliphatic heterocycles. The molecule has 4 heteroatoms. The maximum Gasteiger partial charge on any atom is 0.178 e. The summed E-state index contributed by atoms with van der Waals surface area (Å²) < 4.78 is 15.4. The van der Waals surface area contributed by atoms with Gasteiger partial charge in [0.05, 0.1) is 24.2 Å². The van der Waals surface area contributed by atoms with E-state index >= 15 is 0 Å². The molecule has 45 heavy (non-hydrogen) atoms. The number of ether oxygens (including phenoxy) is 2. The fraction of sp³-hybridized carbons (Fsp3) is 0.122. The summed E-state index contributed by atoms with van der Waals surface area (Å²) in [4.78, 5) is 2.39. The van der Waals surface area contributed by atoms with Gasteiger partial charge in [0.2, 0.25) is 0 Å². The molecule has 1 aromatic heterocycles. The van der Waals surface area contributed by atoms with Crippen LogP contribution in [0.2, 0.25) is 0 Å². The van der Waals surface area contributed by atoms with E-state index in [0.29, 0.717) is 0 Å². The molecule has 0 bridgehead atoms. The van der Waals surface area contributed by atoms with Crippen LogP contribution in [0, 0.1) is 0 Å². The summed E-state index contributed by atoms with van der Waals surface area (Å²) in [6, 6.07) is 47.6. The molecule has 0 amide bonds. The number of hydrogen-bond donors (Lipinski definition) is 0. The zero-order valence-corrected chi connectivity index (χ0v) is 24.9. The van der Waals surface area contributed by atoms with Gasteiger partial charge in [0.25, 0.3) is 0 Å². The molecule has 4 nitrogen and oxygen atoms in total. The first kappa shape index (κ1) is 26.1. The van der Waals surface area contributed by atoms with Crippen LogP contribution in [-0.4, -0.2) is 30.9 Å². The molecule has 6 aromatic carbocycles. The van der Waals surface area contributed by atoms with E-state index in [4.69, 9.17) is 9.47 Å². The first-order valence-electron chi connectivity index (χ1n) is 15.7. The molecule has 0 radical (unpaired) electrons. The Morgan fingerprint density at radius 1 is 0.556 bits per heavy atom. The van der Waals surface area contributed by atoms with Crippen molar-refractivity contribution in [2.24, 2.45) is 0 Å². The third-order valence-electron chi connectivity index (χ3n) is 9.45. The SMILES string of the molecule is C1=CC(c2ccccc2)(c2ccc(N3CCOCC3)cc2)Oc2c1c1c(c3ccccc23)c2ccccc2n1-c1ccccc1. The van der Waals surface area contributed by atoms with Crippen LogP contribution >= 0.6 is 0 Å². The van der Waals surface area contributed by atoms with Crippen LogP contribution in [0.1, 0.15) is 16.7 Å². The van der Waals surface area contributed by atoms with Gasteiger partial charge < -0.3 is 18.9 Å². The molecule has 9 rings (SSSR count). The molecule has 2 aliphatic rings. The maximum atomic E-state index is 7.45. The Labute approximate surface area is 262 Å². The normalized spacial score (nSPS) is 17.9. The van der Waals surface area contributed by atoms with Gasteiger partial charge in [0.1, 0.15) is 5.75 Å². The zero-order chi connectivity index (χ0) is 29.8. The van der Waals surface area contributed by atoms with Crippen molar-refractivity contribution in [1.29, 1.82) is 0 Å². The molecule has 0 saturated carbocycles. The minimum Gasteiger partial charge on any atom is -0.472 e. The lowest BCUT2D eigenvalue weighted by Crippen LogP contribution is -2.36. The Hall–Kier alpha value is -5.32. The lowest BCUT2D eigenvalue weighted by Gasteiger charge is -2.37. The highest BCUT2D eigenvalue weighted by molar-refractivity contribution is 6.25. The summed E-state index contributed by atoms with van der Waals surface area (Å²) in [5.74, 6) is 0.904. The average molecular weight is 585 g/mol. The van der Waals surface area contributed by atoms with Gasteiger partial charge in [-0.3, -0.25) is 0 Å². The van der Waals surface area contributed by atoms with Gasteiger partial charge in [0, 0.05) is 57.3 Å². The van der Waals surface area contributed by atoms with Crippen LogP contribution in [0.3, 0.4) is 0 Å². The van der Waals surface area contributed by atoms with Gasteiger partial charge in [-0.15, -0.1) is 0 Å². The fourth-order valence-corrected chi connectivity index (χ4v) is 7.33. The lowest BCUT2D eigenvalue weighted by atomic mass is 9.82. The fourth-order valence-electron chi connectivity index (χ4n) is 7.33. The predicted molar refractivity (Wildman–Crippen MR) is 185 cm³/mol. The Morgan fingerprint density at radius 2 is 1.18 bits per heavy atom. The molecule has 1 fully saturated rings. The number of morpholine rings is 1. The molecule has 1 unspecified atom stereocenters. The minimum atomic E-state index is -0.794. The van der Waals surface area contributed by atoms with Crippen molar-refractivity contribution in [2.45, 2.75) is 5.60 Å². The number of nitrogens with zero attached hydrogens (tertiary/aromatic N) is 2. The van der Waals surface area contributed by atoms with Crippen molar-refractivity contribution in [1.82, 2.24) is 4.57 Å². The number of aromatic nitrogens is 1. The minimum absolute atomic E-state index is 0.763. The van der Waals surface area contributed by atoms with Crippen LogP contribution in [-0.2, 0) is 10.3 Å². The van der Waals surface area contributed by atoms with E-state index in [1.807, 2.05) is 0 Å². The van der Waals surface area contributed by atoms with Gasteiger partial charge in [0.15, 0.2) is 5.60 Å². The molecular formula is C41H32N2O2. The lowest BCUT2D eigenvalue weighted by molar-refractivity contribution is 0.122. The Balaban J connectivity index is 1.32. The molecule has 218 valence electrons. The Kier molecular flexibility index (Phi) is 6.03. The quantitative estimate of drug-likeness (QED) is 0.206. The number of hydrogen-bond acceptors (Lipinski definition) is 3. The summed E-state index contributed by atoms with van der Waals surface area (Å²) in [6.07, 6.45) is 4.56. The Morgan fingerprint density at radius 3 is 1.93 bits per heavy atom. The average Bonchev–Trinajstić information content (AvgIpc) is 3.48. The summed E-state index contributed by atoms with van der Waals surface area (Å²) in [6.45, 7) is 3.34. The van der Waals surface area contributed by atoms with Crippen LogP contribution < -0.4 is 9.64 Å². The molecule has 0 aliphatic carbocycles. The molecular weight excluding hydrogens is 552 g/mol. The van der Waals surface area contributed by atoms with Crippen molar-refractivity contribution >= 4 is 44.3 Å². The summed E-state index contributed by atoms with van der Waals surface area (Å²) >= 11 is 0. The van der Waals surface area contributed by atoms with E-state index < -0.39 is 5.60 Å². The van der Waals surface area contributed by atoms with Gasteiger partial charge >= 0.3 is 0 Å². The van der Waals surface area contributed by atoms with E-state index in [2.05, 4.69) is 155 Å². The highest BCUT2D eigenvalue weighted by Gasteiger charge is 2.39. The van der Waals surface area contributed by atoms with E-state index in [-0.39, 0.29) is 0 Å². The van der Waals surface area contributed by atoms with Crippen LogP contribution in [0.15, 0.2) is 140 Å². The van der Waals surface area contributed by atoms with E-state index in [9.17, 15) is 0 Å². The standard InChI is InChI=1S/C41H32N2O2/c1-3-11-29(12-4-1)41(30-19-21-31(22-20-30)42-25-27-44-28-26-42)24-23-36-39-38(33-15-7-8-16-34(33)40(36)45-41)35-17-9-10-18-37(35)43(39)32-13-5-2-6-14-32/h1-24H,25-28H2. The van der Waals surface area contributed by atoms with Gasteiger partial charge in [-0.25, -0.2) is 0 Å². The third kappa shape index (κ3) is 4.03. The highest BCUT2D eigenvalue weighted by Crippen LogP contribution is 2.50. The number of anilines is 1. The largest absolute Gasteiger partial charge is 0.472 e. The Bertz CT molecular complexity index is 2210. The van der Waals surface area contributed by atoms with E-state index in [1.165, 1.54) is 27.4 Å². The smallest absolute Gasteiger partial charge is 0.178 e. The van der Waals surface area contributed by atoms with Gasteiger partial charge in [-0.05, 0) is 47.9 Å². The molecule has 0 N–H and O–H groups in total. The topological polar surface area (TPSA) is 26.6 Å². The van der Waals surface area contributed by atoms with Crippen molar-refractivity contribution in [3.63, 3.8) is 0 Å². The summed E-state index contributed by atoms with van der Waals surface area (Å²) in [5.41, 5.74) is 7.19. The second-order valence-electron chi connectivity index (χ2n) is 11.9. The molecule has 7 aromatic rings. The monoisotopic (exact) mass is 584 g/mol. The predicted octanol–water partition coefficient (Wildman–Crippen LogP) is 9.12. The third-order valence-corrected chi connectivity index (χ3v) is 9.45. The van der Waals surface area contributed by atoms with Crippen LogP contribution in [0.4, 0.5) is 5.69 Å². The van der Waals surface area contributed by atoms with Crippen molar-refractivity contribution in [3.8, 4) is 11.4 Å². The number of para-hydroxylation sites is 2. The number of rotatable bonds is 4. The van der Waals surface area contributed by atoms with Crippen molar-refractivity contribution < 1.29 is 9.47 Å². The number of fused-ring (bicyclic) bond motifs is 8. The first-order valence-corrected chi connectivity index (χ1v) is 15.7. The number of benzene rings is 6. The maximum absolute atomic E-state index is 7.45. The first-order chi connectivity index (χ1) is 22.3. The molecule has 1 atom stereocenters. The second kappa shape index (κ2) is 10.4. The molecule has 0 spiro atoms. The van der Waals surface area contributed by atoms with Crippen molar-refractivity contribution in [2.75, 3.05) is 31.2 Å². The second-order valence-corrected chi connectivity index (χ2v) is 11.9. The summed E-state index contributed by atoms with van der Waals surface area (Å²) in [7, 11) is 0. The van der Waals surface area contributed by atoms with Crippen LogP contribution in [0.5, 0.6) is 5.75 Å². The highest BCUT2D eigenvalue weighted by atomic mass is 16.5. The van der Waals surface area contributed by atoms with Gasteiger partial charge in [-0.1, -0.05) is 103 Å². The van der Waals surface area contributed by atoms with Gasteiger partial charge in [-0.2, -0.15) is 0 Å². The molecule has 1 saturated heterocycles. The summed E-state index contributed by atoms with van der Waals surface area (Å²) in [5, 5.41) is 4.80. The van der Waals surface area contributed by atoms with E-state index in [0.717, 1.165) is 65.3 Å². The molecule has 3 heterocycles. The van der Waals surface area contributed by atoms with Crippen molar-refractivity contribution in [3.05, 3.63) is 156 Å².